The summed E-state index contributed by atoms with van der Waals surface area (Å²) in [6.07, 6.45) is 2.05. The van der Waals surface area contributed by atoms with Crippen molar-refractivity contribution in [3.63, 3.8) is 0 Å². The van der Waals surface area contributed by atoms with Gasteiger partial charge in [-0.25, -0.2) is 0 Å². The van der Waals surface area contributed by atoms with Gasteiger partial charge in [0, 0.05) is 29.2 Å². The van der Waals surface area contributed by atoms with E-state index >= 15 is 0 Å². The number of hydrogen-bond donors (Lipinski definition) is 1. The van der Waals surface area contributed by atoms with Gasteiger partial charge in [0.1, 0.15) is 0 Å². The van der Waals surface area contributed by atoms with E-state index in [-0.39, 0.29) is 23.9 Å². The Hall–Kier alpha value is -2.33. The number of nitrogens with zero attached hydrogens (tertiary/aromatic N) is 1. The highest BCUT2D eigenvalue weighted by Crippen LogP contribution is 2.36. The average molecular weight is 357 g/mol. The zero-order valence-electron chi connectivity index (χ0n) is 14.3. The molecular formula is C20H21ClN2O2. The van der Waals surface area contributed by atoms with E-state index in [1.807, 2.05) is 36.1 Å². The SMILES string of the molecule is CC(=O)Nc1cccc(C(=O)N(C2CC2)C(C)c2ccc(Cl)cc2)c1. The van der Waals surface area contributed by atoms with Crippen molar-refractivity contribution >= 4 is 29.1 Å². The molecule has 5 heteroatoms. The molecule has 1 aliphatic rings. The molecule has 3 rings (SSSR count). The fourth-order valence-corrected chi connectivity index (χ4v) is 3.12. The molecular weight excluding hydrogens is 336 g/mol. The van der Waals surface area contributed by atoms with Crippen LogP contribution in [-0.4, -0.2) is 22.8 Å². The molecule has 1 N–H and O–H groups in total. The van der Waals surface area contributed by atoms with Crippen LogP contribution in [0.15, 0.2) is 48.5 Å². The molecule has 4 nitrogen and oxygen atoms in total. The highest BCUT2D eigenvalue weighted by Gasteiger charge is 2.36. The van der Waals surface area contributed by atoms with Gasteiger partial charge in [-0.1, -0.05) is 29.8 Å². The van der Waals surface area contributed by atoms with Crippen molar-refractivity contribution in [2.24, 2.45) is 0 Å². The maximum Gasteiger partial charge on any atom is 0.254 e. The van der Waals surface area contributed by atoms with E-state index in [1.54, 1.807) is 24.3 Å². The Balaban J connectivity index is 1.86. The van der Waals surface area contributed by atoms with Crippen LogP contribution in [-0.2, 0) is 4.79 Å². The molecule has 1 fully saturated rings. The fourth-order valence-electron chi connectivity index (χ4n) is 2.99. The quantitative estimate of drug-likeness (QED) is 0.846. The summed E-state index contributed by atoms with van der Waals surface area (Å²) in [5.41, 5.74) is 2.27. The van der Waals surface area contributed by atoms with E-state index in [0.717, 1.165) is 18.4 Å². The maximum atomic E-state index is 13.1. The molecule has 0 heterocycles. The Morgan fingerprint density at radius 1 is 1.16 bits per heavy atom. The van der Waals surface area contributed by atoms with Crippen LogP contribution in [0, 0.1) is 0 Å². The lowest BCUT2D eigenvalue weighted by molar-refractivity contribution is -0.114. The third-order valence-electron chi connectivity index (χ3n) is 4.37. The van der Waals surface area contributed by atoms with Crippen molar-refractivity contribution < 1.29 is 9.59 Å². The molecule has 0 saturated heterocycles. The van der Waals surface area contributed by atoms with Crippen LogP contribution in [0.1, 0.15) is 48.7 Å². The van der Waals surface area contributed by atoms with Gasteiger partial charge in [-0.05, 0) is 55.7 Å². The number of carbonyl (C=O) groups excluding carboxylic acids is 2. The molecule has 2 aromatic carbocycles. The number of rotatable bonds is 5. The number of nitrogens with one attached hydrogen (secondary N) is 1. The van der Waals surface area contributed by atoms with Gasteiger partial charge < -0.3 is 10.2 Å². The van der Waals surface area contributed by atoms with Crippen molar-refractivity contribution in [1.82, 2.24) is 4.90 Å². The summed E-state index contributed by atoms with van der Waals surface area (Å²) in [6.45, 7) is 3.49. The van der Waals surface area contributed by atoms with Gasteiger partial charge in [0.2, 0.25) is 5.91 Å². The Labute approximate surface area is 152 Å². The highest BCUT2D eigenvalue weighted by atomic mass is 35.5. The van der Waals surface area contributed by atoms with Crippen molar-refractivity contribution in [1.29, 1.82) is 0 Å². The largest absolute Gasteiger partial charge is 0.329 e. The van der Waals surface area contributed by atoms with Gasteiger partial charge in [-0.15, -0.1) is 0 Å². The smallest absolute Gasteiger partial charge is 0.254 e. The second-order valence-electron chi connectivity index (χ2n) is 6.43. The van der Waals surface area contributed by atoms with E-state index in [9.17, 15) is 9.59 Å². The molecule has 2 amide bonds. The second-order valence-corrected chi connectivity index (χ2v) is 6.87. The second kappa shape index (κ2) is 7.28. The minimum Gasteiger partial charge on any atom is -0.329 e. The van der Waals surface area contributed by atoms with E-state index in [1.165, 1.54) is 6.92 Å². The number of hydrogen-bond acceptors (Lipinski definition) is 2. The van der Waals surface area contributed by atoms with Crippen LogP contribution in [0.25, 0.3) is 0 Å². The molecule has 0 radical (unpaired) electrons. The first-order valence-electron chi connectivity index (χ1n) is 8.41. The molecule has 0 spiro atoms. The predicted octanol–water partition coefficient (Wildman–Crippen LogP) is 4.66. The van der Waals surface area contributed by atoms with E-state index < -0.39 is 0 Å². The standard InChI is InChI=1S/C20H21ClN2O2/c1-13(15-6-8-17(21)9-7-15)23(19-10-11-19)20(25)16-4-3-5-18(12-16)22-14(2)24/h3-9,12-13,19H,10-11H2,1-2H3,(H,22,24). The number of benzene rings is 2. The molecule has 1 saturated carbocycles. The first-order valence-corrected chi connectivity index (χ1v) is 8.79. The zero-order chi connectivity index (χ0) is 18.0. The monoisotopic (exact) mass is 356 g/mol. The summed E-state index contributed by atoms with van der Waals surface area (Å²) in [4.78, 5) is 26.3. The van der Waals surface area contributed by atoms with Gasteiger partial charge in [-0.2, -0.15) is 0 Å². The number of anilines is 1. The third-order valence-corrected chi connectivity index (χ3v) is 4.63. The van der Waals surface area contributed by atoms with Gasteiger partial charge in [-0.3, -0.25) is 9.59 Å². The van der Waals surface area contributed by atoms with E-state index in [2.05, 4.69) is 5.32 Å². The molecule has 25 heavy (non-hydrogen) atoms. The normalized spacial score (nSPS) is 14.7. The first-order chi connectivity index (χ1) is 12.0. The van der Waals surface area contributed by atoms with Crippen LogP contribution in [0.3, 0.4) is 0 Å². The summed E-state index contributed by atoms with van der Waals surface area (Å²) in [5.74, 6) is -0.171. The van der Waals surface area contributed by atoms with Crippen LogP contribution in [0.2, 0.25) is 5.02 Å². The molecule has 0 bridgehead atoms. The predicted molar refractivity (Wildman–Crippen MR) is 99.8 cm³/mol. The Morgan fingerprint density at radius 2 is 1.84 bits per heavy atom. The third kappa shape index (κ3) is 4.20. The summed E-state index contributed by atoms with van der Waals surface area (Å²) in [6, 6.07) is 14.9. The maximum absolute atomic E-state index is 13.1. The average Bonchev–Trinajstić information content (AvgIpc) is 3.40. The topological polar surface area (TPSA) is 49.4 Å². The van der Waals surface area contributed by atoms with Crippen LogP contribution >= 0.6 is 11.6 Å². The summed E-state index contributed by atoms with van der Waals surface area (Å²) in [5, 5.41) is 3.41. The molecule has 2 aromatic rings. The summed E-state index contributed by atoms with van der Waals surface area (Å²) >= 11 is 5.97. The van der Waals surface area contributed by atoms with Crippen molar-refractivity contribution in [2.45, 2.75) is 38.8 Å². The lowest BCUT2D eigenvalue weighted by Gasteiger charge is -2.30. The number of halogens is 1. The summed E-state index contributed by atoms with van der Waals surface area (Å²) < 4.78 is 0. The van der Waals surface area contributed by atoms with Gasteiger partial charge in [0.25, 0.3) is 5.91 Å². The number of carbonyl (C=O) groups is 2. The Kier molecular flexibility index (Phi) is 5.09. The summed E-state index contributed by atoms with van der Waals surface area (Å²) in [7, 11) is 0. The van der Waals surface area contributed by atoms with Crippen LogP contribution in [0.5, 0.6) is 0 Å². The number of amides is 2. The molecule has 1 unspecified atom stereocenters. The first kappa shape index (κ1) is 17.5. The minimum atomic E-state index is -0.154. The van der Waals surface area contributed by atoms with E-state index in [0.29, 0.717) is 16.3 Å². The van der Waals surface area contributed by atoms with Crippen molar-refractivity contribution in [2.75, 3.05) is 5.32 Å². The lowest BCUT2D eigenvalue weighted by Crippen LogP contribution is -2.35. The van der Waals surface area contributed by atoms with E-state index in [4.69, 9.17) is 11.6 Å². The fraction of sp³-hybridized carbons (Fsp3) is 0.300. The van der Waals surface area contributed by atoms with Crippen LogP contribution in [0.4, 0.5) is 5.69 Å². The molecule has 130 valence electrons. The highest BCUT2D eigenvalue weighted by molar-refractivity contribution is 6.30. The van der Waals surface area contributed by atoms with Gasteiger partial charge in [0.15, 0.2) is 0 Å². The molecule has 1 aliphatic carbocycles. The Morgan fingerprint density at radius 3 is 2.44 bits per heavy atom. The lowest BCUT2D eigenvalue weighted by atomic mass is 10.0. The molecule has 0 aliphatic heterocycles. The minimum absolute atomic E-state index is 0.0165. The molecule has 0 aromatic heterocycles. The molecule has 1 atom stereocenters. The van der Waals surface area contributed by atoms with Crippen molar-refractivity contribution in [3.8, 4) is 0 Å². The zero-order valence-corrected chi connectivity index (χ0v) is 15.1. The van der Waals surface area contributed by atoms with Crippen LogP contribution < -0.4 is 5.32 Å². The van der Waals surface area contributed by atoms with Crippen molar-refractivity contribution in [3.05, 3.63) is 64.7 Å². The Bertz CT molecular complexity index is 785. The van der Waals surface area contributed by atoms with Gasteiger partial charge >= 0.3 is 0 Å². The van der Waals surface area contributed by atoms with Gasteiger partial charge in [0.05, 0.1) is 6.04 Å².